The number of rotatable bonds is 9. The van der Waals surface area contributed by atoms with Crippen LogP contribution < -0.4 is 4.31 Å². The van der Waals surface area contributed by atoms with E-state index in [2.05, 4.69) is 0 Å². The average Bonchev–Trinajstić information content (AvgIpc) is 2.74. The molecule has 0 atom stereocenters. The lowest BCUT2D eigenvalue weighted by Crippen LogP contribution is -2.53. The third-order valence-electron chi connectivity index (χ3n) is 5.15. The van der Waals surface area contributed by atoms with Gasteiger partial charge < -0.3 is 5.11 Å². The molecule has 0 aliphatic rings. The zero-order valence-electron chi connectivity index (χ0n) is 18.0. The number of aliphatic hydroxyl groups is 1. The number of halogens is 6. The third kappa shape index (κ3) is 5.46. The van der Waals surface area contributed by atoms with Gasteiger partial charge >= 0.3 is 12.4 Å². The van der Waals surface area contributed by atoms with Crippen molar-refractivity contribution in [1.29, 1.82) is 0 Å². The Labute approximate surface area is 188 Å². The Kier molecular flexibility index (Phi) is 8.11. The molecule has 0 unspecified atom stereocenters. The van der Waals surface area contributed by atoms with E-state index in [0.717, 1.165) is 41.3 Å². The summed E-state index contributed by atoms with van der Waals surface area (Å²) in [5, 5.41) is 9.53. The van der Waals surface area contributed by atoms with Crippen molar-refractivity contribution in [3.63, 3.8) is 0 Å². The average molecular weight is 498 g/mol. The van der Waals surface area contributed by atoms with Crippen LogP contribution in [0.15, 0.2) is 53.4 Å². The first-order valence-electron chi connectivity index (χ1n) is 10.3. The molecule has 0 aromatic heterocycles. The fourth-order valence-corrected chi connectivity index (χ4v) is 4.84. The molecule has 0 fully saturated rings. The van der Waals surface area contributed by atoms with Crippen molar-refractivity contribution >= 4 is 15.7 Å². The van der Waals surface area contributed by atoms with Crippen LogP contribution >= 0.6 is 0 Å². The minimum atomic E-state index is -6.03. The van der Waals surface area contributed by atoms with Gasteiger partial charge in [0.15, 0.2) is 0 Å². The molecule has 2 aromatic rings. The summed E-state index contributed by atoms with van der Waals surface area (Å²) >= 11 is 0. The number of alkyl halides is 6. The summed E-state index contributed by atoms with van der Waals surface area (Å²) in [5.74, 6) is 0. The van der Waals surface area contributed by atoms with Crippen LogP contribution in [0.5, 0.6) is 0 Å². The third-order valence-corrected chi connectivity index (χ3v) is 6.99. The largest absolute Gasteiger partial charge is 0.430 e. The van der Waals surface area contributed by atoms with Gasteiger partial charge in [0, 0.05) is 12.1 Å². The minimum absolute atomic E-state index is 0.0534. The maximum atomic E-state index is 13.2. The maximum absolute atomic E-state index is 13.2. The molecule has 2 aromatic carbocycles. The van der Waals surface area contributed by atoms with Crippen LogP contribution in [0.25, 0.3) is 0 Å². The number of unbranched alkanes of at least 4 members (excludes halogenated alkanes) is 1. The maximum Gasteiger partial charge on any atom is 0.430 e. The molecule has 0 saturated carbocycles. The highest BCUT2D eigenvalue weighted by Crippen LogP contribution is 2.50. The molecule has 2 rings (SSSR count). The number of hydrogen-bond acceptors (Lipinski definition) is 3. The summed E-state index contributed by atoms with van der Waals surface area (Å²) < 4.78 is 106. The fraction of sp³-hybridized carbons (Fsp3) is 0.455. The van der Waals surface area contributed by atoms with Crippen LogP contribution in [0.3, 0.4) is 0 Å². The van der Waals surface area contributed by atoms with Crippen LogP contribution in [0.4, 0.5) is 32.0 Å². The molecular formula is C22H25F6NO3S. The standard InChI is InChI=1S/C22H25F6NO3S/c1-3-5-6-16-7-13-19(14-8-16)33(31,32)29(15-4-2)18-11-9-17(10-12-18)20(30,21(23,24)25)22(26,27)28/h7-14,30H,3-6,15H2,1-2H3. The SMILES string of the molecule is CCCCc1ccc(S(=O)(=O)N(CCC)c2ccc(C(O)(C(F)(F)F)C(F)(F)F)cc2)cc1. The molecule has 0 radical (unpaired) electrons. The van der Waals surface area contributed by atoms with E-state index in [0.29, 0.717) is 18.6 Å². The Morgan fingerprint density at radius 1 is 0.818 bits per heavy atom. The molecule has 1 N–H and O–H groups in total. The molecule has 33 heavy (non-hydrogen) atoms. The van der Waals surface area contributed by atoms with Gasteiger partial charge in [0.05, 0.1) is 10.6 Å². The highest BCUT2D eigenvalue weighted by Gasteiger charge is 2.71. The van der Waals surface area contributed by atoms with Gasteiger partial charge in [-0.2, -0.15) is 26.3 Å². The summed E-state index contributed by atoms with van der Waals surface area (Å²) in [6, 6.07) is 8.68. The van der Waals surface area contributed by atoms with E-state index in [-0.39, 0.29) is 17.1 Å². The van der Waals surface area contributed by atoms with Crippen molar-refractivity contribution in [2.24, 2.45) is 0 Å². The second-order valence-electron chi connectivity index (χ2n) is 7.58. The molecule has 0 bridgehead atoms. The normalized spacial score (nSPS) is 13.2. The van der Waals surface area contributed by atoms with Crippen molar-refractivity contribution in [1.82, 2.24) is 0 Å². The monoisotopic (exact) mass is 497 g/mol. The first-order valence-corrected chi connectivity index (χ1v) is 11.7. The molecule has 0 saturated heterocycles. The molecule has 0 aliphatic heterocycles. The fourth-order valence-electron chi connectivity index (χ4n) is 3.28. The van der Waals surface area contributed by atoms with Gasteiger partial charge in [-0.3, -0.25) is 4.31 Å². The van der Waals surface area contributed by atoms with Crippen molar-refractivity contribution in [2.45, 2.75) is 62.4 Å². The van der Waals surface area contributed by atoms with Crippen molar-refractivity contribution in [3.8, 4) is 0 Å². The summed E-state index contributed by atoms with van der Waals surface area (Å²) in [5.41, 5.74) is -5.72. The van der Waals surface area contributed by atoms with Crippen LogP contribution in [-0.2, 0) is 22.0 Å². The van der Waals surface area contributed by atoms with Gasteiger partial charge in [-0.05, 0) is 49.1 Å². The van der Waals surface area contributed by atoms with Gasteiger partial charge in [0.1, 0.15) is 0 Å². The van der Waals surface area contributed by atoms with Crippen LogP contribution in [0.1, 0.15) is 44.2 Å². The Bertz CT molecular complexity index is 1000. The first kappa shape index (κ1) is 27.0. The molecule has 11 heteroatoms. The van der Waals surface area contributed by atoms with E-state index in [1.807, 2.05) is 6.92 Å². The number of nitrogens with zero attached hydrogens (tertiary/aromatic N) is 1. The van der Waals surface area contributed by atoms with Gasteiger partial charge in [-0.1, -0.05) is 44.5 Å². The predicted molar refractivity (Wildman–Crippen MR) is 112 cm³/mol. The molecule has 0 spiro atoms. The van der Waals surface area contributed by atoms with Gasteiger partial charge in [-0.15, -0.1) is 0 Å². The van der Waals surface area contributed by atoms with Crippen molar-refractivity contribution in [3.05, 3.63) is 59.7 Å². The Balaban J connectivity index is 2.45. The molecular weight excluding hydrogens is 472 g/mol. The predicted octanol–water partition coefficient (Wildman–Crippen LogP) is 5.95. The van der Waals surface area contributed by atoms with E-state index in [1.165, 1.54) is 12.1 Å². The second-order valence-corrected chi connectivity index (χ2v) is 9.44. The number of hydrogen-bond donors (Lipinski definition) is 1. The van der Waals surface area contributed by atoms with E-state index in [1.54, 1.807) is 19.1 Å². The highest BCUT2D eigenvalue weighted by atomic mass is 32.2. The topological polar surface area (TPSA) is 57.6 Å². The number of anilines is 1. The lowest BCUT2D eigenvalue weighted by atomic mass is 9.92. The zero-order valence-corrected chi connectivity index (χ0v) is 18.9. The summed E-state index contributed by atoms with van der Waals surface area (Å²) in [4.78, 5) is -0.0534. The quantitative estimate of drug-likeness (QED) is 0.436. The van der Waals surface area contributed by atoms with Crippen LogP contribution in [-0.4, -0.2) is 32.4 Å². The van der Waals surface area contributed by atoms with Gasteiger partial charge in [-0.25, -0.2) is 8.42 Å². The number of sulfonamides is 1. The minimum Gasteiger partial charge on any atom is -0.369 e. The molecule has 184 valence electrons. The molecule has 0 aliphatic carbocycles. The summed E-state index contributed by atoms with van der Waals surface area (Å²) in [7, 11) is -4.13. The van der Waals surface area contributed by atoms with E-state index < -0.39 is 33.5 Å². The smallest absolute Gasteiger partial charge is 0.369 e. The Morgan fingerprint density at radius 2 is 1.33 bits per heavy atom. The van der Waals surface area contributed by atoms with E-state index in [9.17, 15) is 39.9 Å². The Hall–Kier alpha value is -2.27. The lowest BCUT2D eigenvalue weighted by molar-refractivity contribution is -0.376. The molecule has 4 nitrogen and oxygen atoms in total. The van der Waals surface area contributed by atoms with Crippen LogP contribution in [0, 0.1) is 0 Å². The summed E-state index contributed by atoms with van der Waals surface area (Å²) in [6.45, 7) is 3.65. The second kappa shape index (κ2) is 9.92. The van der Waals surface area contributed by atoms with Crippen molar-refractivity contribution in [2.75, 3.05) is 10.8 Å². The van der Waals surface area contributed by atoms with Gasteiger partial charge in [0.2, 0.25) is 0 Å². The first-order chi connectivity index (χ1) is 15.2. The molecule has 0 heterocycles. The number of aryl methyl sites for hydroxylation is 1. The van der Waals surface area contributed by atoms with E-state index in [4.69, 9.17) is 0 Å². The van der Waals surface area contributed by atoms with Crippen molar-refractivity contribution < 1.29 is 39.9 Å². The van der Waals surface area contributed by atoms with Gasteiger partial charge in [0.25, 0.3) is 15.6 Å². The number of benzene rings is 2. The summed E-state index contributed by atoms with van der Waals surface area (Å²) in [6.07, 6.45) is -9.04. The molecule has 0 amide bonds. The highest BCUT2D eigenvalue weighted by molar-refractivity contribution is 7.92. The Morgan fingerprint density at radius 3 is 1.76 bits per heavy atom. The zero-order chi connectivity index (χ0) is 25.1. The lowest BCUT2D eigenvalue weighted by Gasteiger charge is -2.33. The van der Waals surface area contributed by atoms with Crippen LogP contribution in [0.2, 0.25) is 0 Å². The van der Waals surface area contributed by atoms with E-state index >= 15 is 0 Å².